The van der Waals surface area contributed by atoms with Crippen LogP contribution in [0, 0.1) is 0 Å². The average molecular weight is 232 g/mol. The molecule has 92 valence electrons. The molecule has 0 aliphatic heterocycles. The molecule has 0 aliphatic carbocycles. The lowest BCUT2D eigenvalue weighted by atomic mass is 10.2. The van der Waals surface area contributed by atoms with E-state index in [1.165, 1.54) is 18.9 Å². The van der Waals surface area contributed by atoms with Crippen LogP contribution in [0.25, 0.3) is 0 Å². The van der Waals surface area contributed by atoms with Crippen LogP contribution < -0.4 is 0 Å². The van der Waals surface area contributed by atoms with Crippen molar-refractivity contribution in [3.63, 3.8) is 0 Å². The molecular formula is C15H20O2. The van der Waals surface area contributed by atoms with Gasteiger partial charge in [0.05, 0.1) is 0 Å². The van der Waals surface area contributed by atoms with Crippen molar-refractivity contribution in [1.82, 2.24) is 0 Å². The fourth-order valence-electron chi connectivity index (χ4n) is 1.47. The van der Waals surface area contributed by atoms with Gasteiger partial charge in [0, 0.05) is 6.08 Å². The number of esters is 1. The summed E-state index contributed by atoms with van der Waals surface area (Å²) in [6, 6.07) is 9.70. The van der Waals surface area contributed by atoms with Gasteiger partial charge in [-0.2, -0.15) is 0 Å². The molecule has 0 saturated heterocycles. The molecule has 17 heavy (non-hydrogen) atoms. The number of rotatable bonds is 7. The molecule has 0 aliphatic rings. The molecule has 0 N–H and O–H groups in total. The van der Waals surface area contributed by atoms with Crippen LogP contribution in [0.2, 0.25) is 0 Å². The topological polar surface area (TPSA) is 26.3 Å². The first-order valence-electron chi connectivity index (χ1n) is 6.20. The van der Waals surface area contributed by atoms with Crippen LogP contribution in [0.1, 0.15) is 38.2 Å². The highest BCUT2D eigenvalue weighted by Gasteiger charge is 1.97. The molecule has 2 heteroatoms. The lowest BCUT2D eigenvalue weighted by Crippen LogP contribution is -2.00. The van der Waals surface area contributed by atoms with E-state index in [1.807, 2.05) is 36.4 Å². The maximum absolute atomic E-state index is 11.3. The third kappa shape index (κ3) is 6.56. The molecular weight excluding hydrogens is 212 g/mol. The van der Waals surface area contributed by atoms with Crippen molar-refractivity contribution in [3.05, 3.63) is 48.0 Å². The quantitative estimate of drug-likeness (QED) is 0.405. The van der Waals surface area contributed by atoms with Crippen LogP contribution in [0.3, 0.4) is 0 Å². The lowest BCUT2D eigenvalue weighted by molar-refractivity contribution is -0.139. The largest absolute Gasteiger partial charge is 0.458 e. The van der Waals surface area contributed by atoms with Crippen molar-refractivity contribution < 1.29 is 9.53 Å². The Bertz CT molecular complexity index is 341. The summed E-state index contributed by atoms with van der Waals surface area (Å²) in [4.78, 5) is 11.3. The maximum Gasteiger partial charge on any atom is 0.330 e. The van der Waals surface area contributed by atoms with Crippen molar-refractivity contribution in [2.75, 3.05) is 0 Å². The molecule has 2 nitrogen and oxygen atoms in total. The van der Waals surface area contributed by atoms with E-state index in [2.05, 4.69) is 6.92 Å². The Labute approximate surface area is 103 Å². The Morgan fingerprint density at radius 2 is 2.00 bits per heavy atom. The summed E-state index contributed by atoms with van der Waals surface area (Å²) in [6.45, 7) is 2.51. The summed E-state index contributed by atoms with van der Waals surface area (Å²) >= 11 is 0. The molecule has 1 aromatic rings. The molecule has 0 amide bonds. The highest BCUT2D eigenvalue weighted by atomic mass is 16.5. The number of allylic oxidation sites excluding steroid dienone is 1. The molecule has 0 spiro atoms. The van der Waals surface area contributed by atoms with Crippen LogP contribution in [0.4, 0.5) is 0 Å². The number of carbonyl (C=O) groups excluding carboxylic acids is 1. The first-order valence-corrected chi connectivity index (χ1v) is 6.20. The third-order valence-corrected chi connectivity index (χ3v) is 2.45. The second kappa shape index (κ2) is 8.57. The van der Waals surface area contributed by atoms with Gasteiger partial charge in [-0.25, -0.2) is 4.79 Å². The highest BCUT2D eigenvalue weighted by molar-refractivity contribution is 5.81. The average Bonchev–Trinajstić information content (AvgIpc) is 2.37. The first kappa shape index (κ1) is 13.5. The molecule has 0 fully saturated rings. The lowest BCUT2D eigenvalue weighted by Gasteiger charge is -2.01. The Balaban J connectivity index is 2.17. The molecule has 0 heterocycles. The van der Waals surface area contributed by atoms with E-state index in [-0.39, 0.29) is 5.97 Å². The van der Waals surface area contributed by atoms with Gasteiger partial charge in [0.25, 0.3) is 0 Å². The number of unbranched alkanes of at least 4 members (excludes halogenated alkanes) is 3. The van der Waals surface area contributed by atoms with E-state index in [1.54, 1.807) is 0 Å². The molecule has 0 saturated carbocycles. The normalized spacial score (nSPS) is 10.6. The van der Waals surface area contributed by atoms with Gasteiger partial charge in [0.15, 0.2) is 0 Å². The second-order valence-electron chi connectivity index (χ2n) is 3.99. The third-order valence-electron chi connectivity index (χ3n) is 2.45. The van der Waals surface area contributed by atoms with E-state index < -0.39 is 0 Å². The van der Waals surface area contributed by atoms with Crippen molar-refractivity contribution in [2.45, 2.75) is 39.2 Å². The van der Waals surface area contributed by atoms with Gasteiger partial charge >= 0.3 is 5.97 Å². The minimum Gasteiger partial charge on any atom is -0.458 e. The molecule has 0 atom stereocenters. The summed E-state index contributed by atoms with van der Waals surface area (Å²) in [7, 11) is 0. The molecule has 0 unspecified atom stereocenters. The molecule has 0 aromatic heterocycles. The first-order chi connectivity index (χ1) is 8.33. The van der Waals surface area contributed by atoms with Gasteiger partial charge in [-0.15, -0.1) is 0 Å². The van der Waals surface area contributed by atoms with Gasteiger partial charge in [-0.1, -0.05) is 56.2 Å². The van der Waals surface area contributed by atoms with Crippen LogP contribution in [-0.4, -0.2) is 5.97 Å². The van der Waals surface area contributed by atoms with E-state index in [9.17, 15) is 4.79 Å². The zero-order valence-electron chi connectivity index (χ0n) is 10.4. The predicted octanol–water partition coefficient (Wildman–Crippen LogP) is 3.87. The van der Waals surface area contributed by atoms with Crippen LogP contribution in [0.5, 0.6) is 0 Å². The Morgan fingerprint density at radius 3 is 2.71 bits per heavy atom. The van der Waals surface area contributed by atoms with E-state index in [0.717, 1.165) is 18.4 Å². The van der Waals surface area contributed by atoms with Gasteiger partial charge in [-0.3, -0.25) is 0 Å². The van der Waals surface area contributed by atoms with Crippen LogP contribution in [0.15, 0.2) is 42.5 Å². The maximum atomic E-state index is 11.3. The fourth-order valence-corrected chi connectivity index (χ4v) is 1.47. The van der Waals surface area contributed by atoms with Gasteiger partial charge in [-0.05, 0) is 18.4 Å². The van der Waals surface area contributed by atoms with Crippen molar-refractivity contribution >= 4 is 5.97 Å². The number of hydrogen-bond donors (Lipinski definition) is 0. The Morgan fingerprint density at radius 1 is 1.24 bits per heavy atom. The number of ether oxygens (including phenoxy) is 1. The molecule has 0 radical (unpaired) electrons. The molecule has 1 aromatic carbocycles. The minimum atomic E-state index is -0.259. The number of benzene rings is 1. The Kier molecular flexibility index (Phi) is 6.80. The van der Waals surface area contributed by atoms with Gasteiger partial charge < -0.3 is 4.74 Å². The predicted molar refractivity (Wildman–Crippen MR) is 69.5 cm³/mol. The van der Waals surface area contributed by atoms with E-state index in [0.29, 0.717) is 6.61 Å². The summed E-state index contributed by atoms with van der Waals surface area (Å²) in [5.41, 5.74) is 1.01. The smallest absolute Gasteiger partial charge is 0.330 e. The van der Waals surface area contributed by atoms with Gasteiger partial charge in [0.2, 0.25) is 0 Å². The monoisotopic (exact) mass is 232 g/mol. The summed E-state index contributed by atoms with van der Waals surface area (Å²) in [6.07, 6.45) is 7.92. The highest BCUT2D eigenvalue weighted by Crippen LogP contribution is 2.02. The fraction of sp³-hybridized carbons (Fsp3) is 0.400. The summed E-state index contributed by atoms with van der Waals surface area (Å²) < 4.78 is 5.11. The Hall–Kier alpha value is -1.57. The van der Waals surface area contributed by atoms with E-state index >= 15 is 0 Å². The molecule has 1 rings (SSSR count). The number of carbonyl (C=O) groups is 1. The summed E-state index contributed by atoms with van der Waals surface area (Å²) in [5, 5.41) is 0. The van der Waals surface area contributed by atoms with Crippen LogP contribution in [-0.2, 0) is 16.1 Å². The summed E-state index contributed by atoms with van der Waals surface area (Å²) in [5.74, 6) is -0.259. The second-order valence-corrected chi connectivity index (χ2v) is 3.99. The standard InChI is InChI=1S/C15H20O2/c1-2-3-4-5-9-12-15(16)17-13-14-10-7-6-8-11-14/h6-12H,2-5,13H2,1H3. The SMILES string of the molecule is CCCCCC=CC(=O)OCc1ccccc1. The number of hydrogen-bond acceptors (Lipinski definition) is 2. The van der Waals surface area contributed by atoms with Crippen LogP contribution >= 0.6 is 0 Å². The van der Waals surface area contributed by atoms with E-state index in [4.69, 9.17) is 4.74 Å². The molecule has 0 bridgehead atoms. The van der Waals surface area contributed by atoms with Gasteiger partial charge in [0.1, 0.15) is 6.61 Å². The van der Waals surface area contributed by atoms with Crippen molar-refractivity contribution in [2.24, 2.45) is 0 Å². The zero-order chi connectivity index (χ0) is 12.3. The van der Waals surface area contributed by atoms with Crippen molar-refractivity contribution in [3.8, 4) is 0 Å². The minimum absolute atomic E-state index is 0.259. The van der Waals surface area contributed by atoms with Crippen molar-refractivity contribution in [1.29, 1.82) is 0 Å². The zero-order valence-corrected chi connectivity index (χ0v) is 10.4.